The molecule has 21 heavy (non-hydrogen) atoms. The quantitative estimate of drug-likeness (QED) is 0.742. The highest BCUT2D eigenvalue weighted by Crippen LogP contribution is 2.42. The van der Waals surface area contributed by atoms with Gasteiger partial charge in [-0.15, -0.1) is 0 Å². The summed E-state index contributed by atoms with van der Waals surface area (Å²) in [7, 11) is 1.47. The lowest BCUT2D eigenvalue weighted by atomic mass is 9.95. The number of carbonyl (C=O) groups is 1. The van der Waals surface area contributed by atoms with Gasteiger partial charge in [-0.3, -0.25) is 4.79 Å². The Kier molecular flexibility index (Phi) is 5.97. The zero-order valence-electron chi connectivity index (χ0n) is 12.5. The number of carbonyl (C=O) groups excluding carboxylic acids is 1. The van der Waals surface area contributed by atoms with Crippen molar-refractivity contribution in [2.75, 3.05) is 19.4 Å². The van der Waals surface area contributed by atoms with Crippen LogP contribution < -0.4 is 5.32 Å². The largest absolute Gasteiger partial charge is 0.468 e. The van der Waals surface area contributed by atoms with Crippen molar-refractivity contribution in [1.29, 1.82) is 0 Å². The Bertz CT molecular complexity index is 476. The Morgan fingerprint density at radius 2 is 2.10 bits per heavy atom. The maximum atomic E-state index is 12.3. The zero-order chi connectivity index (χ0) is 15.3. The predicted molar refractivity (Wildman–Crippen MR) is 88.8 cm³/mol. The molecule has 1 atom stereocenters. The number of benzene rings is 1. The van der Waals surface area contributed by atoms with Crippen LogP contribution in [0.3, 0.4) is 0 Å². The second-order valence-electron chi connectivity index (χ2n) is 5.39. The van der Waals surface area contributed by atoms with E-state index in [0.29, 0.717) is 5.92 Å². The van der Waals surface area contributed by atoms with Gasteiger partial charge in [-0.1, -0.05) is 30.7 Å². The minimum absolute atomic E-state index is 0.129. The van der Waals surface area contributed by atoms with E-state index >= 15 is 0 Å². The van der Waals surface area contributed by atoms with Crippen molar-refractivity contribution in [3.8, 4) is 0 Å². The second kappa shape index (κ2) is 7.52. The van der Waals surface area contributed by atoms with Crippen molar-refractivity contribution >= 4 is 29.3 Å². The van der Waals surface area contributed by atoms with Crippen LogP contribution in [0, 0.1) is 5.92 Å². The number of hydrogen-bond donors (Lipinski definition) is 1. The molecule has 1 unspecified atom stereocenters. The molecule has 0 amide bonds. The van der Waals surface area contributed by atoms with Gasteiger partial charge in [0, 0.05) is 16.5 Å². The van der Waals surface area contributed by atoms with Crippen molar-refractivity contribution in [2.45, 2.75) is 31.1 Å². The van der Waals surface area contributed by atoms with E-state index in [2.05, 4.69) is 5.32 Å². The number of rotatable bonds is 8. The summed E-state index contributed by atoms with van der Waals surface area (Å²) in [6, 6.07) is 7.85. The SMILES string of the molecule is CCNC(CSCc1ccc(Cl)cc1)(C(=O)OC)C1CC1. The summed E-state index contributed by atoms with van der Waals surface area (Å²) in [5.74, 6) is 1.88. The van der Waals surface area contributed by atoms with Gasteiger partial charge in [0.05, 0.1) is 7.11 Å². The third-order valence-corrected chi connectivity index (χ3v) is 5.28. The van der Waals surface area contributed by atoms with E-state index in [-0.39, 0.29) is 5.97 Å². The fourth-order valence-corrected chi connectivity index (χ4v) is 4.03. The number of halogens is 1. The highest BCUT2D eigenvalue weighted by molar-refractivity contribution is 7.98. The molecule has 0 saturated heterocycles. The summed E-state index contributed by atoms with van der Waals surface area (Å²) in [5, 5.41) is 4.14. The number of ether oxygens (including phenoxy) is 1. The number of likely N-dealkylation sites (N-methyl/N-ethyl adjacent to an activating group) is 1. The third-order valence-electron chi connectivity index (χ3n) is 3.83. The van der Waals surface area contributed by atoms with Gasteiger partial charge in [0.2, 0.25) is 0 Å². The zero-order valence-corrected chi connectivity index (χ0v) is 14.1. The number of thioether (sulfide) groups is 1. The number of hydrogen-bond acceptors (Lipinski definition) is 4. The highest BCUT2D eigenvalue weighted by atomic mass is 35.5. The lowest BCUT2D eigenvalue weighted by Gasteiger charge is -2.31. The smallest absolute Gasteiger partial charge is 0.327 e. The van der Waals surface area contributed by atoms with Gasteiger partial charge in [0.25, 0.3) is 0 Å². The molecule has 1 aromatic carbocycles. The highest BCUT2D eigenvalue weighted by Gasteiger charge is 2.51. The molecule has 0 radical (unpaired) electrons. The molecule has 0 heterocycles. The Morgan fingerprint density at radius 3 is 2.62 bits per heavy atom. The fourth-order valence-electron chi connectivity index (χ4n) is 2.60. The van der Waals surface area contributed by atoms with Crippen LogP contribution in [0.1, 0.15) is 25.3 Å². The van der Waals surface area contributed by atoms with Gasteiger partial charge in [-0.2, -0.15) is 11.8 Å². The number of methoxy groups -OCH3 is 1. The van der Waals surface area contributed by atoms with Gasteiger partial charge >= 0.3 is 5.97 Å². The van der Waals surface area contributed by atoms with Gasteiger partial charge in [0.1, 0.15) is 5.54 Å². The normalized spacial score (nSPS) is 17.3. The predicted octanol–water partition coefficient (Wildman–Crippen LogP) is 3.50. The summed E-state index contributed by atoms with van der Waals surface area (Å²) < 4.78 is 5.06. The molecule has 1 fully saturated rings. The van der Waals surface area contributed by atoms with Gasteiger partial charge in [-0.05, 0) is 43.0 Å². The van der Waals surface area contributed by atoms with E-state index < -0.39 is 5.54 Å². The van der Waals surface area contributed by atoms with E-state index in [0.717, 1.165) is 35.9 Å². The average Bonchev–Trinajstić information content (AvgIpc) is 3.32. The molecule has 2 rings (SSSR count). The molecule has 0 spiro atoms. The Labute approximate surface area is 135 Å². The second-order valence-corrected chi connectivity index (χ2v) is 6.81. The first-order chi connectivity index (χ1) is 10.1. The van der Waals surface area contributed by atoms with Gasteiger partial charge < -0.3 is 10.1 Å². The standard InChI is InChI=1S/C16H22ClNO2S/c1-3-18-16(13-6-7-13,15(19)20-2)11-21-10-12-4-8-14(17)9-5-12/h4-5,8-9,13,18H,3,6-7,10-11H2,1-2H3. The summed E-state index contributed by atoms with van der Waals surface area (Å²) in [6.45, 7) is 2.80. The van der Waals surface area contributed by atoms with E-state index in [1.807, 2.05) is 31.2 Å². The van der Waals surface area contributed by atoms with E-state index in [1.54, 1.807) is 11.8 Å². The topological polar surface area (TPSA) is 38.3 Å². The summed E-state index contributed by atoms with van der Waals surface area (Å²) in [5.41, 5.74) is 0.691. The van der Waals surface area contributed by atoms with Crippen molar-refractivity contribution in [2.24, 2.45) is 5.92 Å². The summed E-state index contributed by atoms with van der Waals surface area (Å²) in [4.78, 5) is 12.3. The van der Waals surface area contributed by atoms with E-state index in [1.165, 1.54) is 12.7 Å². The van der Waals surface area contributed by atoms with Gasteiger partial charge in [0.15, 0.2) is 0 Å². The first kappa shape index (κ1) is 16.7. The maximum Gasteiger partial charge on any atom is 0.327 e. The molecule has 1 aliphatic rings. The monoisotopic (exact) mass is 327 g/mol. The molecule has 0 bridgehead atoms. The molecular formula is C16H22ClNO2S. The van der Waals surface area contributed by atoms with Crippen LogP contribution in [0.25, 0.3) is 0 Å². The van der Waals surface area contributed by atoms with Crippen LogP contribution in [-0.4, -0.2) is 30.9 Å². The lowest BCUT2D eigenvalue weighted by Crippen LogP contribution is -2.56. The summed E-state index contributed by atoms with van der Waals surface area (Å²) in [6.07, 6.45) is 2.20. The molecular weight excluding hydrogens is 306 g/mol. The Hall–Kier alpha value is -0.710. The van der Waals surface area contributed by atoms with Crippen LogP contribution in [0.4, 0.5) is 0 Å². The first-order valence-electron chi connectivity index (χ1n) is 7.28. The van der Waals surface area contributed by atoms with Gasteiger partial charge in [-0.25, -0.2) is 0 Å². The average molecular weight is 328 g/mol. The molecule has 0 aromatic heterocycles. The number of nitrogens with one attached hydrogen (secondary N) is 1. The Morgan fingerprint density at radius 1 is 1.43 bits per heavy atom. The molecule has 3 nitrogen and oxygen atoms in total. The number of esters is 1. The molecule has 1 aromatic rings. The van der Waals surface area contributed by atoms with Crippen LogP contribution in [0.2, 0.25) is 5.02 Å². The minimum atomic E-state index is -0.527. The minimum Gasteiger partial charge on any atom is -0.468 e. The van der Waals surface area contributed by atoms with E-state index in [4.69, 9.17) is 16.3 Å². The van der Waals surface area contributed by atoms with Crippen LogP contribution in [-0.2, 0) is 15.3 Å². The molecule has 1 N–H and O–H groups in total. The third kappa shape index (κ3) is 4.15. The van der Waals surface area contributed by atoms with E-state index in [9.17, 15) is 4.79 Å². The fraction of sp³-hybridized carbons (Fsp3) is 0.562. The van der Waals surface area contributed by atoms with Crippen LogP contribution >= 0.6 is 23.4 Å². The van der Waals surface area contributed by atoms with Crippen molar-refractivity contribution in [3.05, 3.63) is 34.9 Å². The first-order valence-corrected chi connectivity index (χ1v) is 8.81. The molecule has 1 saturated carbocycles. The lowest BCUT2D eigenvalue weighted by molar-refractivity contribution is -0.148. The van der Waals surface area contributed by atoms with Crippen molar-refractivity contribution in [1.82, 2.24) is 5.32 Å². The van der Waals surface area contributed by atoms with Crippen molar-refractivity contribution < 1.29 is 9.53 Å². The van der Waals surface area contributed by atoms with Crippen molar-refractivity contribution in [3.63, 3.8) is 0 Å². The molecule has 0 aliphatic heterocycles. The molecule has 1 aliphatic carbocycles. The molecule has 5 heteroatoms. The molecule has 116 valence electrons. The van der Waals surface area contributed by atoms with Crippen LogP contribution in [0.15, 0.2) is 24.3 Å². The van der Waals surface area contributed by atoms with Crippen LogP contribution in [0.5, 0.6) is 0 Å². The Balaban J connectivity index is 1.98. The maximum absolute atomic E-state index is 12.3. The summed E-state index contributed by atoms with van der Waals surface area (Å²) >= 11 is 7.66.